The largest absolute Gasteiger partial charge is 0.351 e. The lowest BCUT2D eigenvalue weighted by atomic mass is 9.91. The number of fused-ring (bicyclic) bond motifs is 3. The summed E-state index contributed by atoms with van der Waals surface area (Å²) in [6.45, 7) is 2.78. The number of nitrogens with one attached hydrogen (secondary N) is 1. The molecule has 1 aromatic heterocycles. The Balaban J connectivity index is 1.55. The first-order valence-corrected chi connectivity index (χ1v) is 11.3. The molecule has 3 aromatic rings. The van der Waals surface area contributed by atoms with Crippen LogP contribution in [0.4, 0.5) is 0 Å². The zero-order valence-electron chi connectivity index (χ0n) is 18.0. The van der Waals surface area contributed by atoms with Crippen LogP contribution in [0.1, 0.15) is 55.1 Å². The quantitative estimate of drug-likeness (QED) is 0.682. The summed E-state index contributed by atoms with van der Waals surface area (Å²) < 4.78 is 2.03. The van der Waals surface area contributed by atoms with E-state index in [-0.39, 0.29) is 17.9 Å². The lowest BCUT2D eigenvalue weighted by Gasteiger charge is -2.45. The summed E-state index contributed by atoms with van der Waals surface area (Å²) in [6, 6.07) is 20.1. The zero-order valence-corrected chi connectivity index (χ0v) is 18.0. The molecule has 31 heavy (non-hydrogen) atoms. The maximum Gasteiger partial charge on any atom is 0.271 e. The van der Waals surface area contributed by atoms with Gasteiger partial charge in [-0.3, -0.25) is 9.59 Å². The highest BCUT2D eigenvalue weighted by atomic mass is 16.2. The van der Waals surface area contributed by atoms with Gasteiger partial charge < -0.3 is 14.8 Å². The van der Waals surface area contributed by atoms with E-state index >= 15 is 0 Å². The number of nitrogens with zero attached hydrogens (tertiary/aromatic N) is 2. The molecule has 1 atom stereocenters. The molecule has 1 saturated carbocycles. The Morgan fingerprint density at radius 1 is 1.03 bits per heavy atom. The fourth-order valence-corrected chi connectivity index (χ4v) is 5.11. The lowest BCUT2D eigenvalue weighted by molar-refractivity contribution is -0.134. The molecular formula is C26H29N3O2. The van der Waals surface area contributed by atoms with Crippen molar-refractivity contribution in [2.24, 2.45) is 0 Å². The molecule has 2 aliphatic rings. The number of amides is 2. The molecule has 2 amide bonds. The van der Waals surface area contributed by atoms with Crippen LogP contribution in [0.25, 0.3) is 10.9 Å². The summed E-state index contributed by atoms with van der Waals surface area (Å²) in [6.07, 6.45) is 5.58. The number of benzene rings is 2. The van der Waals surface area contributed by atoms with Crippen LogP contribution in [0.5, 0.6) is 0 Å². The topological polar surface area (TPSA) is 54.3 Å². The van der Waals surface area contributed by atoms with Crippen LogP contribution in [0.3, 0.4) is 0 Å². The number of carbonyl (C=O) groups is 2. The number of rotatable bonds is 4. The highest BCUT2D eigenvalue weighted by molar-refractivity contribution is 6.03. The monoisotopic (exact) mass is 415 g/mol. The van der Waals surface area contributed by atoms with Crippen LogP contribution in [0.2, 0.25) is 0 Å². The number of para-hydroxylation sites is 1. The van der Waals surface area contributed by atoms with E-state index in [0.29, 0.717) is 18.8 Å². The van der Waals surface area contributed by atoms with E-state index in [2.05, 4.69) is 5.32 Å². The van der Waals surface area contributed by atoms with E-state index in [4.69, 9.17) is 0 Å². The Morgan fingerprint density at radius 2 is 1.74 bits per heavy atom. The molecule has 2 aromatic carbocycles. The van der Waals surface area contributed by atoms with Crippen molar-refractivity contribution in [1.82, 2.24) is 14.8 Å². The number of hydrogen-bond donors (Lipinski definition) is 1. The van der Waals surface area contributed by atoms with Crippen molar-refractivity contribution >= 4 is 22.7 Å². The van der Waals surface area contributed by atoms with E-state index < -0.39 is 5.54 Å². The number of carbonyl (C=O) groups excluding carboxylic acids is 2. The number of hydrogen-bond acceptors (Lipinski definition) is 2. The molecule has 0 spiro atoms. The second kappa shape index (κ2) is 7.88. The average molecular weight is 416 g/mol. The Morgan fingerprint density at radius 3 is 2.52 bits per heavy atom. The molecule has 5 nitrogen and oxygen atoms in total. The normalized spacial score (nSPS) is 21.8. The lowest BCUT2D eigenvalue weighted by Crippen LogP contribution is -2.64. The molecule has 5 rings (SSSR count). The minimum Gasteiger partial charge on any atom is -0.351 e. The maximum atomic E-state index is 13.7. The van der Waals surface area contributed by atoms with Crippen molar-refractivity contribution in [1.29, 1.82) is 0 Å². The first-order valence-electron chi connectivity index (χ1n) is 11.3. The second-order valence-electron chi connectivity index (χ2n) is 9.13. The SMILES string of the molecule is C[C@@]1(C(=O)NC2CCCCC2)Cn2c(cc3ccccc32)C(=O)N1Cc1ccccc1. The minimum absolute atomic E-state index is 0.0490. The van der Waals surface area contributed by atoms with Crippen molar-refractivity contribution < 1.29 is 9.59 Å². The fraction of sp³-hybridized carbons (Fsp3) is 0.385. The summed E-state index contributed by atoms with van der Waals surface area (Å²) >= 11 is 0. The third kappa shape index (κ3) is 3.52. The van der Waals surface area contributed by atoms with Gasteiger partial charge in [0, 0.05) is 23.5 Å². The molecule has 160 valence electrons. The standard InChI is InChI=1S/C26H29N3O2/c1-26(25(31)27-21-13-6-3-7-14-21)18-28-22-15-9-8-12-20(22)16-23(28)24(30)29(26)17-19-10-4-2-5-11-19/h2,4-5,8-12,15-16,21H,3,6-7,13-14,17-18H2,1H3,(H,27,31)/t26-/m0/s1. The fourth-order valence-electron chi connectivity index (χ4n) is 5.11. The molecule has 0 bridgehead atoms. The second-order valence-corrected chi connectivity index (χ2v) is 9.13. The predicted molar refractivity (Wildman–Crippen MR) is 122 cm³/mol. The Kier molecular flexibility index (Phi) is 5.05. The van der Waals surface area contributed by atoms with Gasteiger partial charge in [-0.1, -0.05) is 67.8 Å². The van der Waals surface area contributed by atoms with Crippen molar-refractivity contribution in [3.8, 4) is 0 Å². The van der Waals surface area contributed by atoms with Crippen molar-refractivity contribution in [3.05, 3.63) is 71.9 Å². The van der Waals surface area contributed by atoms with Crippen LogP contribution >= 0.6 is 0 Å². The van der Waals surface area contributed by atoms with Gasteiger partial charge in [0.05, 0.1) is 6.54 Å². The zero-order chi connectivity index (χ0) is 21.4. The van der Waals surface area contributed by atoms with Crippen LogP contribution in [0, 0.1) is 0 Å². The van der Waals surface area contributed by atoms with Crippen LogP contribution in [0.15, 0.2) is 60.7 Å². The van der Waals surface area contributed by atoms with Crippen LogP contribution < -0.4 is 5.32 Å². The van der Waals surface area contributed by atoms with Gasteiger partial charge in [0.25, 0.3) is 5.91 Å². The van der Waals surface area contributed by atoms with E-state index in [1.807, 2.05) is 72.2 Å². The highest BCUT2D eigenvalue weighted by Crippen LogP contribution is 2.34. The molecule has 2 heterocycles. The summed E-state index contributed by atoms with van der Waals surface area (Å²) in [4.78, 5) is 29.2. The van der Waals surface area contributed by atoms with E-state index in [1.165, 1.54) is 6.42 Å². The van der Waals surface area contributed by atoms with Crippen molar-refractivity contribution in [2.75, 3.05) is 0 Å². The molecular weight excluding hydrogens is 386 g/mol. The van der Waals surface area contributed by atoms with Gasteiger partial charge in [-0.15, -0.1) is 0 Å². The smallest absolute Gasteiger partial charge is 0.271 e. The molecule has 1 aliphatic carbocycles. The third-order valence-corrected chi connectivity index (χ3v) is 6.95. The van der Waals surface area contributed by atoms with E-state index in [9.17, 15) is 9.59 Å². The molecule has 1 aliphatic heterocycles. The summed E-state index contributed by atoms with van der Waals surface area (Å²) in [5.74, 6) is -0.139. The van der Waals surface area contributed by atoms with Crippen molar-refractivity contribution in [2.45, 2.75) is 63.7 Å². The molecule has 1 fully saturated rings. The van der Waals surface area contributed by atoms with Gasteiger partial charge in [0.15, 0.2) is 0 Å². The predicted octanol–water partition coefficient (Wildman–Crippen LogP) is 4.50. The highest BCUT2D eigenvalue weighted by Gasteiger charge is 2.48. The first kappa shape index (κ1) is 19.9. The average Bonchev–Trinajstić information content (AvgIpc) is 3.16. The van der Waals surface area contributed by atoms with E-state index in [1.54, 1.807) is 4.90 Å². The molecule has 1 N–H and O–H groups in total. The maximum absolute atomic E-state index is 13.7. The van der Waals surface area contributed by atoms with Gasteiger partial charge in [-0.25, -0.2) is 0 Å². The molecule has 5 heteroatoms. The summed E-state index contributed by atoms with van der Waals surface area (Å²) in [5, 5.41) is 4.32. The van der Waals surface area contributed by atoms with Gasteiger partial charge in [0.2, 0.25) is 5.91 Å². The summed E-state index contributed by atoms with van der Waals surface area (Å²) in [7, 11) is 0. The van der Waals surface area contributed by atoms with Gasteiger partial charge in [-0.05, 0) is 37.5 Å². The van der Waals surface area contributed by atoms with Gasteiger partial charge >= 0.3 is 0 Å². The minimum atomic E-state index is -0.959. The summed E-state index contributed by atoms with van der Waals surface area (Å²) in [5.41, 5.74) is 1.72. The van der Waals surface area contributed by atoms with Crippen molar-refractivity contribution in [3.63, 3.8) is 0 Å². The third-order valence-electron chi connectivity index (χ3n) is 6.95. The molecule has 0 saturated heterocycles. The van der Waals surface area contributed by atoms with E-state index in [0.717, 1.165) is 42.1 Å². The Labute approximate surface area is 183 Å². The molecule has 0 radical (unpaired) electrons. The molecule has 0 unspecified atom stereocenters. The van der Waals surface area contributed by atoms with Crippen LogP contribution in [-0.2, 0) is 17.9 Å². The Bertz CT molecular complexity index is 1110. The van der Waals surface area contributed by atoms with Crippen LogP contribution in [-0.4, -0.2) is 32.9 Å². The number of aromatic nitrogens is 1. The first-order chi connectivity index (χ1) is 15.1. The Hall–Kier alpha value is -3.08. The van der Waals surface area contributed by atoms with Gasteiger partial charge in [-0.2, -0.15) is 0 Å². The van der Waals surface area contributed by atoms with Gasteiger partial charge in [0.1, 0.15) is 11.2 Å².